The van der Waals surface area contributed by atoms with Crippen LogP contribution in [-0.4, -0.2) is 61.3 Å². The molecule has 0 saturated carbocycles. The van der Waals surface area contributed by atoms with Gasteiger partial charge in [-0.25, -0.2) is 0 Å². The standard InChI is InChI=1S/C5H5N2S.C2H5.2Sn.4H/c1-8-5-6-3-2-4-7-5;1-2;;;;;;/h2-3H,1H3;1H2,2H3;;;;;;. The minimum absolute atomic E-state index is 0. The third-order valence-corrected chi connectivity index (χ3v) is 4.57. The first kappa shape index (κ1) is 13.0. The topological polar surface area (TPSA) is 25.8 Å². The van der Waals surface area contributed by atoms with Gasteiger partial charge in [0.1, 0.15) is 0 Å². The fourth-order valence-corrected chi connectivity index (χ4v) is 3.42. The van der Waals surface area contributed by atoms with E-state index in [1.54, 1.807) is 11.8 Å². The van der Waals surface area contributed by atoms with Gasteiger partial charge in [-0.3, -0.25) is 0 Å². The SMILES string of the molecule is C[CH2][Sn][c]1ccnc(SC)n1.[SnH4]. The Kier molecular flexibility index (Phi) is 8.07. The quantitative estimate of drug-likeness (QED) is 0.393. The zero-order valence-corrected chi connectivity index (χ0v) is 10.3. The van der Waals surface area contributed by atoms with E-state index in [2.05, 4.69) is 23.0 Å². The summed E-state index contributed by atoms with van der Waals surface area (Å²) in [5.74, 6) is 0. The Hall–Kier alpha value is 1.03. The molecule has 1 rings (SSSR count). The Morgan fingerprint density at radius 1 is 1.58 bits per heavy atom. The summed E-state index contributed by atoms with van der Waals surface area (Å²) in [5.41, 5.74) is 0. The molecule has 0 saturated heterocycles. The molecule has 0 aliphatic heterocycles. The zero-order valence-electron chi connectivity index (χ0n) is 6.66. The van der Waals surface area contributed by atoms with Gasteiger partial charge in [0.2, 0.25) is 0 Å². The van der Waals surface area contributed by atoms with Crippen LogP contribution in [0.2, 0.25) is 4.44 Å². The van der Waals surface area contributed by atoms with Crippen LogP contribution in [-0.2, 0) is 0 Å². The van der Waals surface area contributed by atoms with E-state index in [0.29, 0.717) is 0 Å². The van der Waals surface area contributed by atoms with Crippen molar-refractivity contribution in [2.24, 2.45) is 0 Å². The van der Waals surface area contributed by atoms with Crippen molar-refractivity contribution in [3.8, 4) is 0 Å². The number of hydrogen-bond donors (Lipinski definition) is 0. The van der Waals surface area contributed by atoms with Crippen LogP contribution in [0.25, 0.3) is 0 Å². The molecule has 66 valence electrons. The molecule has 0 spiro atoms. The van der Waals surface area contributed by atoms with Crippen LogP contribution in [0.15, 0.2) is 17.4 Å². The molecule has 1 heterocycles. The normalized spacial score (nSPS) is 9.17. The Labute approximate surface area is 105 Å². The van der Waals surface area contributed by atoms with Gasteiger partial charge < -0.3 is 0 Å². The maximum absolute atomic E-state index is 4.41. The summed E-state index contributed by atoms with van der Waals surface area (Å²) in [4.78, 5) is 8.53. The number of aromatic nitrogens is 2. The molecular formula is C7H14N2SSn2. The maximum atomic E-state index is 4.41. The molecule has 0 bridgehead atoms. The molecule has 5 heteroatoms. The molecule has 0 fully saturated rings. The van der Waals surface area contributed by atoms with E-state index in [1.165, 1.54) is 8.15 Å². The van der Waals surface area contributed by atoms with Crippen LogP contribution < -0.4 is 3.71 Å². The van der Waals surface area contributed by atoms with Gasteiger partial charge in [-0.15, -0.1) is 0 Å². The van der Waals surface area contributed by atoms with Gasteiger partial charge in [-0.2, -0.15) is 0 Å². The van der Waals surface area contributed by atoms with E-state index < -0.39 is 0 Å². The number of nitrogens with zero attached hydrogens (tertiary/aromatic N) is 2. The molecule has 0 atom stereocenters. The van der Waals surface area contributed by atoms with Crippen molar-refractivity contribution < 1.29 is 0 Å². The second kappa shape index (κ2) is 7.43. The molecule has 0 amide bonds. The Morgan fingerprint density at radius 2 is 2.33 bits per heavy atom. The van der Waals surface area contributed by atoms with Gasteiger partial charge in [0.05, 0.1) is 0 Å². The van der Waals surface area contributed by atoms with Gasteiger partial charge in [0.25, 0.3) is 0 Å². The third-order valence-electron chi connectivity index (χ3n) is 1.17. The average molecular weight is 396 g/mol. The summed E-state index contributed by atoms with van der Waals surface area (Å²) in [5, 5.41) is 0.914. The van der Waals surface area contributed by atoms with Crippen molar-refractivity contribution in [2.45, 2.75) is 16.5 Å². The van der Waals surface area contributed by atoms with Gasteiger partial charge in [-0.1, -0.05) is 0 Å². The third kappa shape index (κ3) is 4.32. The first-order chi connectivity index (χ1) is 5.36. The summed E-state index contributed by atoms with van der Waals surface area (Å²) < 4.78 is 2.63. The second-order valence-electron chi connectivity index (χ2n) is 1.96. The van der Waals surface area contributed by atoms with E-state index in [-0.39, 0.29) is 45.0 Å². The van der Waals surface area contributed by atoms with Crippen molar-refractivity contribution in [2.75, 3.05) is 6.26 Å². The van der Waals surface area contributed by atoms with E-state index in [4.69, 9.17) is 0 Å². The summed E-state index contributed by atoms with van der Waals surface area (Å²) in [6.07, 6.45) is 3.88. The fraction of sp³-hybridized carbons (Fsp3) is 0.429. The van der Waals surface area contributed by atoms with Gasteiger partial charge in [0.15, 0.2) is 0 Å². The van der Waals surface area contributed by atoms with Crippen LogP contribution in [0, 0.1) is 0 Å². The molecular weight excluding hydrogens is 382 g/mol. The molecule has 0 aromatic carbocycles. The Bertz CT molecular complexity index is 232. The monoisotopic (exact) mass is 398 g/mol. The number of rotatable bonds is 3. The first-order valence-corrected chi connectivity index (χ1v) is 8.14. The second-order valence-corrected chi connectivity index (χ2v) is 7.22. The summed E-state index contributed by atoms with van der Waals surface area (Å²) in [7, 11) is 0. The molecule has 0 aliphatic rings. The van der Waals surface area contributed by atoms with Crippen LogP contribution in [0.1, 0.15) is 6.92 Å². The van der Waals surface area contributed by atoms with E-state index >= 15 is 0 Å². The molecule has 2 nitrogen and oxygen atoms in total. The van der Waals surface area contributed by atoms with Crippen molar-refractivity contribution >= 4 is 60.5 Å². The van der Waals surface area contributed by atoms with E-state index in [9.17, 15) is 0 Å². The molecule has 0 aliphatic carbocycles. The predicted molar refractivity (Wildman–Crippen MR) is 61.0 cm³/mol. The van der Waals surface area contributed by atoms with Crippen molar-refractivity contribution in [3.05, 3.63) is 12.3 Å². The zero-order chi connectivity index (χ0) is 8.10. The fourth-order valence-electron chi connectivity index (χ4n) is 0.719. The molecule has 1 aromatic heterocycles. The van der Waals surface area contributed by atoms with Crippen LogP contribution in [0.4, 0.5) is 0 Å². The van der Waals surface area contributed by atoms with E-state index in [0.717, 1.165) is 5.16 Å². The summed E-state index contributed by atoms with van der Waals surface area (Å²) >= 11 is 1.26. The molecule has 2 radical (unpaired) electrons. The Balaban J connectivity index is 0.00000121. The van der Waals surface area contributed by atoms with Crippen LogP contribution in [0.5, 0.6) is 0 Å². The summed E-state index contributed by atoms with van der Waals surface area (Å²) in [6.45, 7) is 2.23. The van der Waals surface area contributed by atoms with Crippen molar-refractivity contribution in [3.63, 3.8) is 0 Å². The van der Waals surface area contributed by atoms with Gasteiger partial charge in [-0.05, 0) is 0 Å². The molecule has 0 N–H and O–H groups in total. The van der Waals surface area contributed by atoms with Gasteiger partial charge in [0, 0.05) is 0 Å². The summed E-state index contributed by atoms with van der Waals surface area (Å²) in [6, 6.07) is 2.05. The Morgan fingerprint density at radius 3 is 2.92 bits per heavy atom. The van der Waals surface area contributed by atoms with E-state index in [1.807, 2.05) is 12.5 Å². The van der Waals surface area contributed by atoms with Crippen LogP contribution >= 0.6 is 11.8 Å². The first-order valence-electron chi connectivity index (χ1n) is 3.47. The molecule has 1 aromatic rings. The van der Waals surface area contributed by atoms with Crippen molar-refractivity contribution in [1.29, 1.82) is 0 Å². The number of hydrogen-bond acceptors (Lipinski definition) is 3. The molecule has 12 heavy (non-hydrogen) atoms. The van der Waals surface area contributed by atoms with Gasteiger partial charge >= 0.3 is 106 Å². The predicted octanol–water partition coefficient (Wildman–Crippen LogP) is -0.485. The van der Waals surface area contributed by atoms with Crippen molar-refractivity contribution in [1.82, 2.24) is 9.97 Å². The molecule has 0 unspecified atom stereocenters. The number of thioether (sulfide) groups is 1. The average Bonchev–Trinajstić information content (AvgIpc) is 2.06. The minimum atomic E-state index is -0.353. The van der Waals surface area contributed by atoms with Crippen LogP contribution in [0.3, 0.4) is 0 Å².